The second kappa shape index (κ2) is 12.1. The lowest BCUT2D eigenvalue weighted by molar-refractivity contribution is -0.146. The average Bonchev–Trinajstić information content (AvgIpc) is 3.34. The normalized spacial score (nSPS) is 15.1. The van der Waals surface area contributed by atoms with Gasteiger partial charge in [-0.1, -0.05) is 37.0 Å². The lowest BCUT2D eigenvalue weighted by atomic mass is 9.75. The molecule has 0 spiro atoms. The van der Waals surface area contributed by atoms with Crippen LogP contribution in [0.3, 0.4) is 0 Å². The number of nitrogens with one attached hydrogen (secondary N) is 3. The number of rotatable bonds is 8. The minimum atomic E-state index is -1.45. The van der Waals surface area contributed by atoms with Crippen LogP contribution in [0.15, 0.2) is 36.4 Å². The van der Waals surface area contributed by atoms with Gasteiger partial charge < -0.3 is 20.5 Å². The van der Waals surface area contributed by atoms with Gasteiger partial charge in [0.25, 0.3) is 5.91 Å². The molecule has 3 amide bonds. The zero-order chi connectivity index (χ0) is 29.0. The van der Waals surface area contributed by atoms with Crippen LogP contribution < -0.4 is 20.7 Å². The van der Waals surface area contributed by atoms with Crippen molar-refractivity contribution in [1.29, 1.82) is 0 Å². The highest BCUT2D eigenvalue weighted by molar-refractivity contribution is 7.17. The van der Waals surface area contributed by atoms with Crippen LogP contribution in [0.25, 0.3) is 10.6 Å². The summed E-state index contributed by atoms with van der Waals surface area (Å²) in [5.74, 6) is -1.13. The van der Waals surface area contributed by atoms with Gasteiger partial charge in [-0.2, -0.15) is 0 Å². The zero-order valence-corrected chi connectivity index (χ0v) is 24.3. The third-order valence-electron chi connectivity index (χ3n) is 7.56. The summed E-state index contributed by atoms with van der Waals surface area (Å²) in [6.07, 6.45) is 4.37. The maximum absolute atomic E-state index is 13.7. The summed E-state index contributed by atoms with van der Waals surface area (Å²) >= 11 is 1.09. The Morgan fingerprint density at radius 1 is 1.00 bits per heavy atom. The third kappa shape index (κ3) is 6.28. The van der Waals surface area contributed by atoms with E-state index in [1.165, 1.54) is 0 Å². The molecule has 1 fully saturated rings. The Labute approximate surface area is 238 Å². The van der Waals surface area contributed by atoms with Crippen molar-refractivity contribution in [2.24, 2.45) is 5.92 Å². The minimum Gasteiger partial charge on any atom is -0.497 e. The van der Waals surface area contributed by atoms with E-state index in [0.29, 0.717) is 16.4 Å². The van der Waals surface area contributed by atoms with E-state index in [0.717, 1.165) is 65.7 Å². The van der Waals surface area contributed by atoms with Crippen molar-refractivity contribution in [3.63, 3.8) is 0 Å². The smallest absolute Gasteiger partial charge is 0.329 e. The Kier molecular flexibility index (Phi) is 8.78. The van der Waals surface area contributed by atoms with Gasteiger partial charge in [0.1, 0.15) is 21.2 Å². The average molecular weight is 565 g/mol. The topological polar surface area (TPSA) is 130 Å². The zero-order valence-electron chi connectivity index (χ0n) is 23.5. The molecule has 1 heterocycles. The maximum atomic E-state index is 13.7. The molecule has 1 aliphatic rings. The van der Waals surface area contributed by atoms with Crippen LogP contribution in [0.2, 0.25) is 0 Å². The summed E-state index contributed by atoms with van der Waals surface area (Å²) < 4.78 is 5.24. The molecule has 0 saturated heterocycles. The van der Waals surface area contributed by atoms with Crippen LogP contribution >= 0.6 is 11.3 Å². The van der Waals surface area contributed by atoms with Crippen molar-refractivity contribution in [2.45, 2.75) is 65.3 Å². The first-order valence-corrected chi connectivity index (χ1v) is 14.2. The van der Waals surface area contributed by atoms with Crippen molar-refractivity contribution < 1.29 is 24.2 Å². The number of methoxy groups -OCH3 is 1. The van der Waals surface area contributed by atoms with Gasteiger partial charge in [0.05, 0.1) is 7.11 Å². The Morgan fingerprint density at radius 3 is 2.20 bits per heavy atom. The highest BCUT2D eigenvalue weighted by atomic mass is 32.1. The molecule has 1 saturated carbocycles. The third-order valence-corrected chi connectivity index (χ3v) is 8.66. The number of benzene rings is 2. The predicted molar refractivity (Wildman–Crippen MR) is 157 cm³/mol. The number of anilines is 2. The number of aromatic nitrogens is 1. The second-order valence-electron chi connectivity index (χ2n) is 10.6. The number of hydrogen-bond acceptors (Lipinski definition) is 6. The molecule has 0 radical (unpaired) electrons. The van der Waals surface area contributed by atoms with E-state index < -0.39 is 23.4 Å². The molecular weight excluding hydrogens is 528 g/mol. The number of hydrogen-bond donors (Lipinski definition) is 4. The Bertz CT molecular complexity index is 1390. The number of carboxylic acid groups (broad SMARTS) is 1. The molecule has 10 heteroatoms. The van der Waals surface area contributed by atoms with E-state index in [4.69, 9.17) is 4.74 Å². The van der Waals surface area contributed by atoms with Crippen LogP contribution in [-0.2, 0) is 4.79 Å². The van der Waals surface area contributed by atoms with Gasteiger partial charge in [0.15, 0.2) is 5.82 Å². The van der Waals surface area contributed by atoms with Crippen LogP contribution in [0.5, 0.6) is 5.75 Å². The van der Waals surface area contributed by atoms with E-state index in [-0.39, 0.29) is 16.6 Å². The van der Waals surface area contributed by atoms with Crippen molar-refractivity contribution in [3.8, 4) is 16.3 Å². The first-order chi connectivity index (χ1) is 19.0. The van der Waals surface area contributed by atoms with Gasteiger partial charge in [-0.15, -0.1) is 11.3 Å². The monoisotopic (exact) mass is 564 g/mol. The molecule has 0 aliphatic heterocycles. The van der Waals surface area contributed by atoms with Gasteiger partial charge in [-0.25, -0.2) is 14.6 Å². The van der Waals surface area contributed by atoms with E-state index in [1.807, 2.05) is 45.0 Å². The van der Waals surface area contributed by atoms with Gasteiger partial charge >= 0.3 is 12.0 Å². The number of carbonyl (C=O) groups is 3. The lowest BCUT2D eigenvalue weighted by Gasteiger charge is -2.37. The predicted octanol–water partition coefficient (Wildman–Crippen LogP) is 6.54. The summed E-state index contributed by atoms with van der Waals surface area (Å²) in [6, 6.07) is 10.6. The van der Waals surface area contributed by atoms with Crippen LogP contribution in [-0.4, -0.2) is 40.6 Å². The molecule has 1 aliphatic carbocycles. The van der Waals surface area contributed by atoms with Gasteiger partial charge in [0.2, 0.25) is 0 Å². The molecule has 40 heavy (non-hydrogen) atoms. The molecule has 3 aromatic rings. The van der Waals surface area contributed by atoms with Crippen molar-refractivity contribution in [2.75, 3.05) is 17.7 Å². The molecule has 0 unspecified atom stereocenters. The molecule has 1 atom stereocenters. The number of ether oxygens (including phenoxy) is 1. The van der Waals surface area contributed by atoms with Crippen molar-refractivity contribution >= 4 is 40.7 Å². The number of urea groups is 1. The van der Waals surface area contributed by atoms with Crippen LogP contribution in [0.1, 0.15) is 65.4 Å². The SMILES string of the molecule is COc1ccc(-c2nc(NC(=O)Nc3c(C)cc(C)cc3C)c(C(=O)N[C@](C)(C(=O)O)C3CCCCC3)s2)cc1. The molecule has 1 aromatic heterocycles. The molecule has 9 nitrogen and oxygen atoms in total. The first kappa shape index (κ1) is 29.1. The van der Waals surface area contributed by atoms with E-state index >= 15 is 0 Å². The maximum Gasteiger partial charge on any atom is 0.329 e. The van der Waals surface area contributed by atoms with E-state index in [2.05, 4.69) is 20.9 Å². The Morgan fingerprint density at radius 2 is 1.62 bits per heavy atom. The fraction of sp³-hybridized carbons (Fsp3) is 0.400. The standard InChI is InChI=1S/C30H36N4O5S/c1-17-15-18(2)23(19(3)16-17)31-29(38)33-25-24(40-27(32-25)20-11-13-22(39-5)14-12-20)26(35)34-30(4,28(36)37)21-9-7-6-8-10-21/h11-16,21H,6-10H2,1-5H3,(H,34,35)(H,36,37)(H2,31,33,38)/t30-/m0/s1. The van der Waals surface area contributed by atoms with E-state index in [9.17, 15) is 19.5 Å². The largest absolute Gasteiger partial charge is 0.497 e. The number of carbonyl (C=O) groups excluding carboxylic acids is 2. The quantitative estimate of drug-likeness (QED) is 0.246. The number of amides is 3. The molecule has 2 aromatic carbocycles. The highest BCUT2D eigenvalue weighted by Crippen LogP contribution is 2.36. The van der Waals surface area contributed by atoms with Crippen LogP contribution in [0.4, 0.5) is 16.3 Å². The Hall–Kier alpha value is -3.92. The number of carboxylic acids is 1. The fourth-order valence-corrected chi connectivity index (χ4v) is 6.27. The highest BCUT2D eigenvalue weighted by Gasteiger charge is 2.44. The molecular formula is C30H36N4O5S. The van der Waals surface area contributed by atoms with Crippen LogP contribution in [0, 0.1) is 26.7 Å². The molecule has 212 valence electrons. The fourth-order valence-electron chi connectivity index (χ4n) is 5.35. The molecule has 4 rings (SSSR count). The van der Waals surface area contributed by atoms with Crippen molar-refractivity contribution in [3.05, 3.63) is 58.0 Å². The first-order valence-electron chi connectivity index (χ1n) is 13.4. The Balaban J connectivity index is 1.66. The lowest BCUT2D eigenvalue weighted by Crippen LogP contribution is -2.57. The summed E-state index contributed by atoms with van der Waals surface area (Å²) in [5, 5.41) is 19.0. The van der Waals surface area contributed by atoms with Gasteiger partial charge in [0, 0.05) is 11.3 Å². The van der Waals surface area contributed by atoms with E-state index in [1.54, 1.807) is 26.2 Å². The number of aryl methyl sites for hydroxylation is 3. The summed E-state index contributed by atoms with van der Waals surface area (Å²) in [4.78, 5) is 43.9. The number of thiazole rings is 1. The number of nitrogens with zero attached hydrogens (tertiary/aromatic N) is 1. The van der Waals surface area contributed by atoms with Gasteiger partial charge in [-0.3, -0.25) is 10.1 Å². The minimum absolute atomic E-state index is 0.0598. The van der Waals surface area contributed by atoms with Gasteiger partial charge in [-0.05, 0) is 81.8 Å². The summed E-state index contributed by atoms with van der Waals surface area (Å²) in [7, 11) is 1.57. The second-order valence-corrected chi connectivity index (χ2v) is 11.6. The summed E-state index contributed by atoms with van der Waals surface area (Å²) in [5.41, 5.74) is 2.86. The number of aliphatic carboxylic acids is 1. The van der Waals surface area contributed by atoms with Crippen molar-refractivity contribution in [1.82, 2.24) is 10.3 Å². The molecule has 4 N–H and O–H groups in total. The summed E-state index contributed by atoms with van der Waals surface area (Å²) in [6.45, 7) is 7.38. The molecule has 0 bridgehead atoms.